The predicted octanol–water partition coefficient (Wildman–Crippen LogP) is 3.61. The van der Waals surface area contributed by atoms with E-state index in [2.05, 4.69) is 42.3 Å². The van der Waals surface area contributed by atoms with Crippen molar-refractivity contribution in [3.63, 3.8) is 0 Å². The van der Waals surface area contributed by atoms with Crippen molar-refractivity contribution in [1.82, 2.24) is 10.4 Å². The summed E-state index contributed by atoms with van der Waals surface area (Å²) in [5.74, 6) is 5.26. The number of nitrogens with zero attached hydrogens (tertiary/aromatic N) is 1. The van der Waals surface area contributed by atoms with Gasteiger partial charge < -0.3 is 0 Å². The van der Waals surface area contributed by atoms with E-state index in [1.54, 1.807) is 18.3 Å². The minimum Gasteiger partial charge on any atom is -0.271 e. The number of hydrazine groups is 1. The molecule has 2 rings (SSSR count). The fourth-order valence-electron chi connectivity index (χ4n) is 1.84. The van der Waals surface area contributed by atoms with Crippen molar-refractivity contribution in [3.05, 3.63) is 62.0 Å². The molecule has 1 aromatic heterocycles. The molecular weight excluding hydrogens is 377 g/mol. The summed E-state index contributed by atoms with van der Waals surface area (Å²) in [7, 11) is 0. The normalized spacial score (nSPS) is 12.5. The fourth-order valence-corrected chi connectivity index (χ4v) is 3.05. The molecule has 6 heteroatoms. The number of hydrogen-bond acceptors (Lipinski definition) is 3. The summed E-state index contributed by atoms with van der Waals surface area (Å²) < 4.78 is 15.5. The largest absolute Gasteiger partial charge is 0.271 e. The molecule has 0 aliphatic rings. The van der Waals surface area contributed by atoms with Crippen LogP contribution in [0.15, 0.2) is 39.4 Å². The third-order valence-electron chi connectivity index (χ3n) is 2.74. The van der Waals surface area contributed by atoms with Gasteiger partial charge in [-0.2, -0.15) is 0 Å². The van der Waals surface area contributed by atoms with E-state index in [9.17, 15) is 4.39 Å². The van der Waals surface area contributed by atoms with Crippen LogP contribution in [0.25, 0.3) is 0 Å². The lowest BCUT2D eigenvalue weighted by Crippen LogP contribution is -2.30. The Labute approximate surface area is 127 Å². The summed E-state index contributed by atoms with van der Waals surface area (Å²) in [5.41, 5.74) is 4.68. The van der Waals surface area contributed by atoms with Crippen molar-refractivity contribution in [2.45, 2.75) is 13.0 Å². The first-order valence-corrected chi connectivity index (χ1v) is 7.14. The number of aromatic nitrogens is 1. The first-order chi connectivity index (χ1) is 9.02. The van der Waals surface area contributed by atoms with Crippen LogP contribution < -0.4 is 11.3 Å². The van der Waals surface area contributed by atoms with Gasteiger partial charge in [0.1, 0.15) is 5.82 Å². The summed E-state index contributed by atoms with van der Waals surface area (Å²) >= 11 is 6.75. The van der Waals surface area contributed by atoms with E-state index >= 15 is 0 Å². The van der Waals surface area contributed by atoms with Crippen molar-refractivity contribution in [1.29, 1.82) is 0 Å². The summed E-state index contributed by atoms with van der Waals surface area (Å²) in [4.78, 5) is 4.29. The number of nitrogens with one attached hydrogen (secondary N) is 1. The van der Waals surface area contributed by atoms with Crippen LogP contribution in [0.4, 0.5) is 4.39 Å². The van der Waals surface area contributed by atoms with Gasteiger partial charge in [-0.1, -0.05) is 17.7 Å². The Morgan fingerprint density at radius 3 is 2.68 bits per heavy atom. The topological polar surface area (TPSA) is 50.9 Å². The minimum absolute atomic E-state index is 0.315. The van der Waals surface area contributed by atoms with Gasteiger partial charge in [-0.05, 0) is 50.9 Å². The molecule has 0 saturated carbocycles. The van der Waals surface area contributed by atoms with Gasteiger partial charge in [0.15, 0.2) is 0 Å². The number of halogens is 3. The van der Waals surface area contributed by atoms with E-state index in [0.29, 0.717) is 11.3 Å². The Kier molecular flexibility index (Phi) is 4.67. The van der Waals surface area contributed by atoms with Gasteiger partial charge in [0.2, 0.25) is 0 Å². The van der Waals surface area contributed by atoms with E-state index < -0.39 is 6.04 Å². The number of rotatable bonds is 3. The molecule has 1 atom stereocenters. The molecule has 1 heterocycles. The Morgan fingerprint density at radius 1 is 1.32 bits per heavy atom. The van der Waals surface area contributed by atoms with E-state index in [-0.39, 0.29) is 5.82 Å². The maximum atomic E-state index is 14.0. The number of pyridine rings is 1. The summed E-state index contributed by atoms with van der Waals surface area (Å²) in [6.07, 6.45) is 1.65. The molecule has 100 valence electrons. The molecule has 0 bridgehead atoms. The van der Waals surface area contributed by atoms with Gasteiger partial charge >= 0.3 is 0 Å². The van der Waals surface area contributed by atoms with Crippen LogP contribution in [0, 0.1) is 12.7 Å². The lowest BCUT2D eigenvalue weighted by molar-refractivity contribution is 0.551. The van der Waals surface area contributed by atoms with Gasteiger partial charge in [-0.15, -0.1) is 0 Å². The SMILES string of the molecule is Cc1ccc(F)c(C(NN)c2ncc(Br)cc2Br)c1. The average molecular weight is 389 g/mol. The van der Waals surface area contributed by atoms with Crippen molar-refractivity contribution < 1.29 is 4.39 Å². The van der Waals surface area contributed by atoms with Crippen LogP contribution >= 0.6 is 31.9 Å². The zero-order valence-corrected chi connectivity index (χ0v) is 13.3. The van der Waals surface area contributed by atoms with E-state index in [1.165, 1.54) is 6.07 Å². The molecule has 0 amide bonds. The van der Waals surface area contributed by atoms with E-state index in [4.69, 9.17) is 5.84 Å². The lowest BCUT2D eigenvalue weighted by Gasteiger charge is -2.18. The van der Waals surface area contributed by atoms with Crippen LogP contribution in [-0.2, 0) is 0 Å². The molecule has 0 spiro atoms. The highest BCUT2D eigenvalue weighted by Crippen LogP contribution is 2.30. The zero-order chi connectivity index (χ0) is 14.0. The van der Waals surface area contributed by atoms with Crippen molar-refractivity contribution in [2.75, 3.05) is 0 Å². The maximum absolute atomic E-state index is 14.0. The summed E-state index contributed by atoms with van der Waals surface area (Å²) in [6.45, 7) is 1.90. The number of benzene rings is 1. The van der Waals surface area contributed by atoms with Gasteiger partial charge in [-0.3, -0.25) is 10.8 Å². The number of aryl methyl sites for hydroxylation is 1. The van der Waals surface area contributed by atoms with Crippen molar-refractivity contribution >= 4 is 31.9 Å². The third-order valence-corrected chi connectivity index (χ3v) is 3.81. The second-order valence-electron chi connectivity index (χ2n) is 4.15. The second-order valence-corrected chi connectivity index (χ2v) is 5.92. The van der Waals surface area contributed by atoms with E-state index in [0.717, 1.165) is 14.5 Å². The van der Waals surface area contributed by atoms with Crippen LogP contribution in [0.2, 0.25) is 0 Å². The molecule has 3 nitrogen and oxygen atoms in total. The molecule has 3 N–H and O–H groups in total. The first-order valence-electron chi connectivity index (χ1n) is 5.56. The first kappa shape index (κ1) is 14.6. The molecule has 0 aliphatic heterocycles. The van der Waals surface area contributed by atoms with Crippen molar-refractivity contribution in [2.24, 2.45) is 5.84 Å². The third kappa shape index (κ3) is 3.20. The molecular formula is C13H12Br2FN3. The molecule has 1 aromatic carbocycles. The Morgan fingerprint density at radius 2 is 2.05 bits per heavy atom. The fraction of sp³-hybridized carbons (Fsp3) is 0.154. The quantitative estimate of drug-likeness (QED) is 0.623. The molecule has 0 radical (unpaired) electrons. The van der Waals surface area contributed by atoms with Crippen LogP contribution in [-0.4, -0.2) is 4.98 Å². The summed E-state index contributed by atoms with van der Waals surface area (Å²) in [6, 6.07) is 6.25. The summed E-state index contributed by atoms with van der Waals surface area (Å²) in [5, 5.41) is 0. The second kappa shape index (κ2) is 6.09. The molecule has 19 heavy (non-hydrogen) atoms. The Hall–Kier alpha value is -0.820. The van der Waals surface area contributed by atoms with Crippen molar-refractivity contribution in [3.8, 4) is 0 Å². The average Bonchev–Trinajstić information content (AvgIpc) is 2.36. The van der Waals surface area contributed by atoms with E-state index in [1.807, 2.05) is 13.0 Å². The monoisotopic (exact) mass is 387 g/mol. The molecule has 0 fully saturated rings. The van der Waals surface area contributed by atoms with Gasteiger partial charge in [0.25, 0.3) is 0 Å². The Bertz CT molecular complexity index is 604. The van der Waals surface area contributed by atoms with Crippen LogP contribution in [0.5, 0.6) is 0 Å². The highest BCUT2D eigenvalue weighted by atomic mass is 79.9. The molecule has 1 unspecified atom stereocenters. The number of hydrogen-bond donors (Lipinski definition) is 2. The zero-order valence-electron chi connectivity index (χ0n) is 10.1. The van der Waals surface area contributed by atoms with Crippen LogP contribution in [0.3, 0.4) is 0 Å². The van der Waals surface area contributed by atoms with Gasteiger partial charge in [0, 0.05) is 20.7 Å². The standard InChI is InChI=1S/C13H12Br2FN3/c1-7-2-3-11(16)9(4-7)12(19-17)13-10(15)5-8(14)6-18-13/h2-6,12,19H,17H2,1H3. The molecule has 2 aromatic rings. The molecule has 0 aliphatic carbocycles. The lowest BCUT2D eigenvalue weighted by atomic mass is 10.0. The predicted molar refractivity (Wildman–Crippen MR) is 79.9 cm³/mol. The smallest absolute Gasteiger partial charge is 0.128 e. The van der Waals surface area contributed by atoms with Crippen LogP contribution in [0.1, 0.15) is 22.9 Å². The highest BCUT2D eigenvalue weighted by molar-refractivity contribution is 9.11. The maximum Gasteiger partial charge on any atom is 0.128 e. The van der Waals surface area contributed by atoms with Gasteiger partial charge in [0.05, 0.1) is 11.7 Å². The highest BCUT2D eigenvalue weighted by Gasteiger charge is 2.20. The van der Waals surface area contributed by atoms with Gasteiger partial charge in [-0.25, -0.2) is 9.82 Å². The number of nitrogens with two attached hydrogens (primary N) is 1. The molecule has 0 saturated heterocycles. The Balaban J connectivity index is 2.52. The minimum atomic E-state index is -0.512.